The topological polar surface area (TPSA) is 108 Å². The van der Waals surface area contributed by atoms with Crippen molar-refractivity contribution in [2.75, 3.05) is 37.6 Å². The van der Waals surface area contributed by atoms with Crippen LogP contribution in [0.25, 0.3) is 0 Å². The van der Waals surface area contributed by atoms with E-state index in [4.69, 9.17) is 14.2 Å². The Hall–Kier alpha value is -2.29. The number of anilines is 1. The fourth-order valence-corrected chi connectivity index (χ4v) is 4.45. The van der Waals surface area contributed by atoms with Gasteiger partial charge in [0, 0.05) is 18.2 Å². The van der Waals surface area contributed by atoms with Crippen LogP contribution in [0.3, 0.4) is 0 Å². The highest BCUT2D eigenvalue weighted by Gasteiger charge is 2.30. The second-order valence-electron chi connectivity index (χ2n) is 5.75. The van der Waals surface area contributed by atoms with Gasteiger partial charge >= 0.3 is 5.97 Å². The number of ether oxygens (including phenoxy) is 3. The summed E-state index contributed by atoms with van der Waals surface area (Å²) in [5.41, 5.74) is 0.473. The summed E-state index contributed by atoms with van der Waals surface area (Å²) >= 11 is 0. The number of hydrogen-bond donors (Lipinski definition) is 1. The summed E-state index contributed by atoms with van der Waals surface area (Å²) in [6.45, 7) is -0.438. The van der Waals surface area contributed by atoms with E-state index < -0.39 is 28.3 Å². The molecule has 1 heterocycles. The van der Waals surface area contributed by atoms with E-state index in [-0.39, 0.29) is 23.8 Å². The summed E-state index contributed by atoms with van der Waals surface area (Å²) in [4.78, 5) is 23.6. The molecule has 0 saturated carbocycles. The average Bonchev–Trinajstić information content (AvgIpc) is 2.91. The van der Waals surface area contributed by atoms with E-state index >= 15 is 0 Å². The Labute approximate surface area is 146 Å². The number of carbonyl (C=O) groups excluding carboxylic acids is 2. The number of benzene rings is 1. The van der Waals surface area contributed by atoms with E-state index in [0.29, 0.717) is 23.6 Å². The van der Waals surface area contributed by atoms with Crippen LogP contribution in [-0.4, -0.2) is 52.6 Å². The van der Waals surface area contributed by atoms with Crippen molar-refractivity contribution >= 4 is 27.4 Å². The Morgan fingerprint density at radius 2 is 1.92 bits per heavy atom. The Balaban J connectivity index is 1.79. The largest absolute Gasteiger partial charge is 0.493 e. The summed E-state index contributed by atoms with van der Waals surface area (Å²) in [6, 6.07) is 4.85. The maximum atomic E-state index is 11.9. The van der Waals surface area contributed by atoms with Crippen molar-refractivity contribution in [3.63, 3.8) is 0 Å². The van der Waals surface area contributed by atoms with Gasteiger partial charge in [-0.3, -0.25) is 9.59 Å². The fraction of sp³-hybridized carbons (Fsp3) is 0.500. The Morgan fingerprint density at radius 3 is 2.52 bits per heavy atom. The average molecular weight is 371 g/mol. The van der Waals surface area contributed by atoms with Crippen molar-refractivity contribution < 1.29 is 32.2 Å². The van der Waals surface area contributed by atoms with Gasteiger partial charge in [0.2, 0.25) is 0 Å². The molecule has 1 aliphatic rings. The van der Waals surface area contributed by atoms with Crippen LogP contribution in [0.5, 0.6) is 11.5 Å². The molecule has 0 unspecified atom stereocenters. The summed E-state index contributed by atoms with van der Waals surface area (Å²) in [7, 11) is -0.0489. The molecule has 1 fully saturated rings. The first kappa shape index (κ1) is 19.0. The molecule has 1 N–H and O–H groups in total. The van der Waals surface area contributed by atoms with E-state index in [0.717, 1.165) is 0 Å². The van der Waals surface area contributed by atoms with Crippen LogP contribution in [0.4, 0.5) is 5.69 Å². The van der Waals surface area contributed by atoms with Crippen molar-refractivity contribution in [2.24, 2.45) is 5.92 Å². The quantitative estimate of drug-likeness (QED) is 0.713. The number of amides is 1. The molecule has 0 aliphatic carbocycles. The standard InChI is InChI=1S/C16H21NO7S/c1-22-13-4-3-12(8-14(13)23-2)17-15(18)9-24-16(19)7-11-5-6-25(20,21)10-11/h3-4,8,11H,5-7,9-10H2,1-2H3,(H,17,18)/t11-/m0/s1. The Morgan fingerprint density at radius 1 is 1.20 bits per heavy atom. The van der Waals surface area contributed by atoms with E-state index in [2.05, 4.69) is 5.32 Å². The number of carbonyl (C=O) groups is 2. The highest BCUT2D eigenvalue weighted by Crippen LogP contribution is 2.29. The normalized spacial score (nSPS) is 18.4. The lowest BCUT2D eigenvalue weighted by molar-refractivity contribution is -0.148. The highest BCUT2D eigenvalue weighted by molar-refractivity contribution is 7.91. The van der Waals surface area contributed by atoms with Crippen LogP contribution in [0.2, 0.25) is 0 Å². The monoisotopic (exact) mass is 371 g/mol. The number of methoxy groups -OCH3 is 2. The minimum Gasteiger partial charge on any atom is -0.493 e. The zero-order chi connectivity index (χ0) is 18.4. The van der Waals surface area contributed by atoms with Gasteiger partial charge in [-0.05, 0) is 24.5 Å². The third kappa shape index (κ3) is 5.63. The molecule has 2 rings (SSSR count). The van der Waals surface area contributed by atoms with Gasteiger partial charge in [-0.25, -0.2) is 8.42 Å². The van der Waals surface area contributed by atoms with E-state index in [1.165, 1.54) is 14.2 Å². The minimum absolute atomic E-state index is 0.0000602. The smallest absolute Gasteiger partial charge is 0.306 e. The van der Waals surface area contributed by atoms with E-state index in [9.17, 15) is 18.0 Å². The molecule has 1 amide bonds. The lowest BCUT2D eigenvalue weighted by Crippen LogP contribution is -2.22. The van der Waals surface area contributed by atoms with Crippen LogP contribution in [-0.2, 0) is 24.2 Å². The van der Waals surface area contributed by atoms with Crippen LogP contribution >= 0.6 is 0 Å². The molecule has 25 heavy (non-hydrogen) atoms. The van der Waals surface area contributed by atoms with Crippen molar-refractivity contribution in [3.05, 3.63) is 18.2 Å². The molecule has 8 nitrogen and oxygen atoms in total. The lowest BCUT2D eigenvalue weighted by Gasteiger charge is -2.11. The summed E-state index contributed by atoms with van der Waals surface area (Å²) in [6.07, 6.45) is 0.456. The van der Waals surface area contributed by atoms with Crippen LogP contribution in [0, 0.1) is 5.92 Å². The van der Waals surface area contributed by atoms with Gasteiger partial charge in [-0.1, -0.05) is 0 Å². The van der Waals surface area contributed by atoms with Gasteiger partial charge < -0.3 is 19.5 Å². The molecule has 0 aromatic heterocycles. The third-order valence-electron chi connectivity index (χ3n) is 3.81. The molecule has 1 aromatic rings. The predicted octanol–water partition coefficient (Wildman–Crippen LogP) is 1.01. The first-order valence-electron chi connectivity index (χ1n) is 7.71. The Kier molecular flexibility index (Phi) is 6.24. The van der Waals surface area contributed by atoms with Crippen LogP contribution < -0.4 is 14.8 Å². The highest BCUT2D eigenvalue weighted by atomic mass is 32.2. The molecule has 0 bridgehead atoms. The number of sulfone groups is 1. The van der Waals surface area contributed by atoms with Crippen LogP contribution in [0.1, 0.15) is 12.8 Å². The molecule has 1 saturated heterocycles. The molecule has 0 radical (unpaired) electrons. The van der Waals surface area contributed by atoms with E-state index in [1.807, 2.05) is 0 Å². The number of rotatable bonds is 7. The van der Waals surface area contributed by atoms with Gasteiger partial charge in [0.25, 0.3) is 5.91 Å². The summed E-state index contributed by atoms with van der Waals surface area (Å²) in [5, 5.41) is 2.58. The van der Waals surface area contributed by atoms with Crippen molar-refractivity contribution in [2.45, 2.75) is 12.8 Å². The second-order valence-corrected chi connectivity index (χ2v) is 7.98. The third-order valence-corrected chi connectivity index (χ3v) is 5.65. The molecule has 138 valence electrons. The zero-order valence-electron chi connectivity index (χ0n) is 14.1. The van der Waals surface area contributed by atoms with Crippen LogP contribution in [0.15, 0.2) is 18.2 Å². The SMILES string of the molecule is COc1ccc(NC(=O)COC(=O)C[C@@H]2CCS(=O)(=O)C2)cc1OC. The summed E-state index contributed by atoms with van der Waals surface area (Å²) in [5.74, 6) is -0.223. The zero-order valence-corrected chi connectivity index (χ0v) is 14.9. The Bertz CT molecular complexity index is 745. The van der Waals surface area contributed by atoms with Gasteiger partial charge in [0.05, 0.1) is 25.7 Å². The maximum Gasteiger partial charge on any atom is 0.306 e. The molecule has 1 atom stereocenters. The molecular weight excluding hydrogens is 350 g/mol. The first-order valence-corrected chi connectivity index (χ1v) is 9.53. The molecule has 1 aromatic carbocycles. The summed E-state index contributed by atoms with van der Waals surface area (Å²) < 4.78 is 37.9. The predicted molar refractivity (Wildman–Crippen MR) is 90.5 cm³/mol. The van der Waals surface area contributed by atoms with Crippen molar-refractivity contribution in [1.82, 2.24) is 0 Å². The first-order chi connectivity index (χ1) is 11.8. The van der Waals surface area contributed by atoms with Crippen molar-refractivity contribution in [3.8, 4) is 11.5 Å². The lowest BCUT2D eigenvalue weighted by atomic mass is 10.1. The number of esters is 1. The van der Waals surface area contributed by atoms with E-state index in [1.54, 1.807) is 18.2 Å². The van der Waals surface area contributed by atoms with Crippen molar-refractivity contribution in [1.29, 1.82) is 0 Å². The number of hydrogen-bond acceptors (Lipinski definition) is 7. The molecular formula is C16H21NO7S. The molecule has 1 aliphatic heterocycles. The van der Waals surface area contributed by atoms with Gasteiger partial charge in [0.1, 0.15) is 0 Å². The van der Waals surface area contributed by atoms with Gasteiger partial charge in [-0.2, -0.15) is 0 Å². The maximum absolute atomic E-state index is 11.9. The number of nitrogens with one attached hydrogen (secondary N) is 1. The van der Waals surface area contributed by atoms with Gasteiger partial charge in [-0.15, -0.1) is 0 Å². The molecule has 9 heteroatoms. The second kappa shape index (κ2) is 8.19. The fourth-order valence-electron chi connectivity index (χ4n) is 2.58. The minimum atomic E-state index is -3.03. The molecule has 0 spiro atoms. The van der Waals surface area contributed by atoms with Gasteiger partial charge in [0.15, 0.2) is 27.9 Å².